The highest BCUT2D eigenvalue weighted by Gasteiger charge is 1.89. The SMILES string of the molecule is [CH2]c1nccc(OC)n1. The summed E-state index contributed by atoms with van der Waals surface area (Å²) < 4.78 is 4.80. The van der Waals surface area contributed by atoms with Crippen LogP contribution < -0.4 is 4.74 Å². The molecule has 0 N–H and O–H groups in total. The minimum absolute atomic E-state index is 0.481. The molecule has 0 amide bonds. The van der Waals surface area contributed by atoms with Crippen molar-refractivity contribution in [3.63, 3.8) is 0 Å². The van der Waals surface area contributed by atoms with E-state index in [0.717, 1.165) is 0 Å². The van der Waals surface area contributed by atoms with E-state index < -0.39 is 0 Å². The van der Waals surface area contributed by atoms with E-state index in [1.54, 1.807) is 19.4 Å². The molecule has 0 atom stereocenters. The van der Waals surface area contributed by atoms with E-state index in [1.165, 1.54) is 0 Å². The summed E-state index contributed by atoms with van der Waals surface area (Å²) in [5, 5.41) is 0. The molecule has 0 spiro atoms. The Hall–Kier alpha value is -1.12. The normalized spacial score (nSPS) is 9.11. The zero-order valence-corrected chi connectivity index (χ0v) is 5.16. The minimum Gasteiger partial charge on any atom is -0.481 e. The van der Waals surface area contributed by atoms with Crippen molar-refractivity contribution in [3.8, 4) is 5.88 Å². The highest BCUT2D eigenvalue weighted by atomic mass is 16.5. The Morgan fingerprint density at radius 1 is 1.67 bits per heavy atom. The van der Waals surface area contributed by atoms with Gasteiger partial charge in [0.2, 0.25) is 5.88 Å². The van der Waals surface area contributed by atoms with Crippen molar-refractivity contribution in [2.75, 3.05) is 7.11 Å². The van der Waals surface area contributed by atoms with Crippen LogP contribution in [0.4, 0.5) is 0 Å². The highest BCUT2D eigenvalue weighted by molar-refractivity contribution is 5.08. The van der Waals surface area contributed by atoms with Gasteiger partial charge in [-0.05, 0) is 0 Å². The van der Waals surface area contributed by atoms with Crippen LogP contribution in [0.15, 0.2) is 12.3 Å². The molecule has 9 heavy (non-hydrogen) atoms. The zero-order chi connectivity index (χ0) is 6.69. The first-order chi connectivity index (χ1) is 4.33. The molecule has 1 aromatic heterocycles. The largest absolute Gasteiger partial charge is 0.481 e. The summed E-state index contributed by atoms with van der Waals surface area (Å²) in [6.45, 7) is 3.53. The van der Waals surface area contributed by atoms with Crippen LogP contribution in [0.25, 0.3) is 0 Å². The minimum atomic E-state index is 0.481. The average Bonchev–Trinajstić information content (AvgIpc) is 1.88. The van der Waals surface area contributed by atoms with Gasteiger partial charge in [-0.3, -0.25) is 0 Å². The zero-order valence-electron chi connectivity index (χ0n) is 5.16. The summed E-state index contributed by atoms with van der Waals surface area (Å²) in [6.07, 6.45) is 1.61. The van der Waals surface area contributed by atoms with Gasteiger partial charge in [0.25, 0.3) is 0 Å². The fourth-order valence-corrected chi connectivity index (χ4v) is 0.494. The van der Waals surface area contributed by atoms with Crippen LogP contribution >= 0.6 is 0 Å². The van der Waals surface area contributed by atoms with Crippen molar-refractivity contribution < 1.29 is 4.74 Å². The van der Waals surface area contributed by atoms with Crippen molar-refractivity contribution in [1.29, 1.82) is 0 Å². The molecule has 0 aromatic carbocycles. The van der Waals surface area contributed by atoms with E-state index >= 15 is 0 Å². The highest BCUT2D eigenvalue weighted by Crippen LogP contribution is 2.01. The van der Waals surface area contributed by atoms with Gasteiger partial charge >= 0.3 is 0 Å². The standard InChI is InChI=1S/C6H7N2O/c1-5-7-4-3-6(8-5)9-2/h3-4H,1H2,2H3. The predicted molar refractivity (Wildman–Crippen MR) is 33.0 cm³/mol. The molecule has 1 rings (SSSR count). The number of hydrogen-bond acceptors (Lipinski definition) is 3. The van der Waals surface area contributed by atoms with Crippen LogP contribution in [0.2, 0.25) is 0 Å². The van der Waals surface area contributed by atoms with Crippen LogP contribution in [0.5, 0.6) is 5.88 Å². The molecule has 0 aliphatic heterocycles. The Labute approximate surface area is 53.7 Å². The Morgan fingerprint density at radius 3 is 2.89 bits per heavy atom. The van der Waals surface area contributed by atoms with Crippen molar-refractivity contribution in [2.45, 2.75) is 0 Å². The predicted octanol–water partition coefficient (Wildman–Crippen LogP) is 0.667. The molecular weight excluding hydrogens is 116 g/mol. The Morgan fingerprint density at radius 2 is 2.44 bits per heavy atom. The molecule has 0 saturated carbocycles. The van der Waals surface area contributed by atoms with E-state index in [-0.39, 0.29) is 0 Å². The van der Waals surface area contributed by atoms with Gasteiger partial charge in [-0.25, -0.2) is 4.98 Å². The van der Waals surface area contributed by atoms with E-state index in [4.69, 9.17) is 4.74 Å². The summed E-state index contributed by atoms with van der Waals surface area (Å²) in [6, 6.07) is 1.68. The fraction of sp³-hybridized carbons (Fsp3) is 0.167. The van der Waals surface area contributed by atoms with Gasteiger partial charge < -0.3 is 4.74 Å². The third-order valence-electron chi connectivity index (χ3n) is 0.889. The lowest BCUT2D eigenvalue weighted by atomic mass is 10.6. The maximum absolute atomic E-state index is 4.80. The number of nitrogens with zero attached hydrogens (tertiary/aromatic N) is 2. The number of methoxy groups -OCH3 is 1. The average molecular weight is 123 g/mol. The maximum Gasteiger partial charge on any atom is 0.216 e. The quantitative estimate of drug-likeness (QED) is 0.550. The van der Waals surface area contributed by atoms with Crippen molar-refractivity contribution in [2.24, 2.45) is 0 Å². The molecule has 47 valence electrons. The van der Waals surface area contributed by atoms with Gasteiger partial charge in [0.15, 0.2) is 0 Å². The van der Waals surface area contributed by atoms with Crippen molar-refractivity contribution in [3.05, 3.63) is 25.0 Å². The molecular formula is C6H7N2O. The third-order valence-corrected chi connectivity index (χ3v) is 0.889. The second kappa shape index (κ2) is 2.44. The summed E-state index contributed by atoms with van der Waals surface area (Å²) in [5.41, 5.74) is 0. The smallest absolute Gasteiger partial charge is 0.216 e. The number of rotatable bonds is 1. The molecule has 0 aliphatic carbocycles. The fourth-order valence-electron chi connectivity index (χ4n) is 0.494. The Bertz CT molecular complexity index is 200. The van der Waals surface area contributed by atoms with Gasteiger partial charge in [-0.15, -0.1) is 0 Å². The summed E-state index contributed by atoms with van der Waals surface area (Å²) >= 11 is 0. The number of aromatic nitrogens is 2. The summed E-state index contributed by atoms with van der Waals surface area (Å²) in [7, 11) is 1.56. The van der Waals surface area contributed by atoms with Gasteiger partial charge in [-0.2, -0.15) is 4.98 Å². The molecule has 0 aliphatic rings. The molecule has 0 unspecified atom stereocenters. The summed E-state index contributed by atoms with van der Waals surface area (Å²) in [5.74, 6) is 1.03. The lowest BCUT2D eigenvalue weighted by Gasteiger charge is -1.95. The molecule has 1 heterocycles. The van der Waals surface area contributed by atoms with Crippen LogP contribution in [-0.2, 0) is 0 Å². The second-order valence-corrected chi connectivity index (χ2v) is 1.52. The monoisotopic (exact) mass is 123 g/mol. The van der Waals surface area contributed by atoms with Gasteiger partial charge in [0.1, 0.15) is 5.82 Å². The number of hydrogen-bond donors (Lipinski definition) is 0. The van der Waals surface area contributed by atoms with E-state index in [0.29, 0.717) is 11.7 Å². The van der Waals surface area contributed by atoms with Gasteiger partial charge in [-0.1, -0.05) is 0 Å². The summed E-state index contributed by atoms with van der Waals surface area (Å²) in [4.78, 5) is 7.63. The van der Waals surface area contributed by atoms with Crippen LogP contribution in [-0.4, -0.2) is 17.1 Å². The maximum atomic E-state index is 4.80. The van der Waals surface area contributed by atoms with Crippen molar-refractivity contribution in [1.82, 2.24) is 9.97 Å². The molecule has 0 fully saturated rings. The van der Waals surface area contributed by atoms with Gasteiger partial charge in [0.05, 0.1) is 7.11 Å². The molecule has 0 bridgehead atoms. The van der Waals surface area contributed by atoms with E-state index in [1.807, 2.05) is 0 Å². The molecule has 3 heteroatoms. The van der Waals surface area contributed by atoms with Crippen LogP contribution in [0.3, 0.4) is 0 Å². The second-order valence-electron chi connectivity index (χ2n) is 1.52. The first-order valence-corrected chi connectivity index (χ1v) is 2.52. The molecule has 1 radical (unpaired) electrons. The molecule has 3 nitrogen and oxygen atoms in total. The van der Waals surface area contributed by atoms with E-state index in [2.05, 4.69) is 16.9 Å². The van der Waals surface area contributed by atoms with Crippen LogP contribution in [0.1, 0.15) is 5.82 Å². The third kappa shape index (κ3) is 1.38. The molecule has 1 aromatic rings. The van der Waals surface area contributed by atoms with Crippen LogP contribution in [0, 0.1) is 6.92 Å². The Kier molecular flexibility index (Phi) is 1.63. The van der Waals surface area contributed by atoms with Crippen molar-refractivity contribution >= 4 is 0 Å². The van der Waals surface area contributed by atoms with Gasteiger partial charge in [0, 0.05) is 19.2 Å². The topological polar surface area (TPSA) is 35.0 Å². The first kappa shape index (κ1) is 6.01. The lowest BCUT2D eigenvalue weighted by Crippen LogP contribution is -1.90. The molecule has 0 saturated heterocycles. The lowest BCUT2D eigenvalue weighted by molar-refractivity contribution is 0.396. The number of ether oxygens (including phenoxy) is 1. The van der Waals surface area contributed by atoms with E-state index in [9.17, 15) is 0 Å². The first-order valence-electron chi connectivity index (χ1n) is 2.52. The Balaban J connectivity index is 2.94.